The second-order valence-corrected chi connectivity index (χ2v) is 10.1. The lowest BCUT2D eigenvalue weighted by molar-refractivity contribution is -0.138. The normalized spacial score (nSPS) is 23.4. The number of hydrogen-bond acceptors (Lipinski definition) is 4. The first-order valence-electron chi connectivity index (χ1n) is 10.5. The van der Waals surface area contributed by atoms with Gasteiger partial charge in [0.2, 0.25) is 5.91 Å². The molecule has 0 bridgehead atoms. The Morgan fingerprint density at radius 2 is 1.77 bits per heavy atom. The van der Waals surface area contributed by atoms with E-state index in [2.05, 4.69) is 10.3 Å². The molecule has 1 aliphatic carbocycles. The maximum absolute atomic E-state index is 13.2. The molecule has 1 N–H and O–H groups in total. The topological polar surface area (TPSA) is 71.5 Å². The number of amides is 2. The fraction of sp³-hybridized carbons (Fsp3) is 0.682. The van der Waals surface area contributed by atoms with Crippen LogP contribution >= 0.6 is 0 Å². The molecule has 3 rings (SSSR count). The summed E-state index contributed by atoms with van der Waals surface area (Å²) in [4.78, 5) is 30.4. The van der Waals surface area contributed by atoms with E-state index < -0.39 is 22.9 Å². The lowest BCUT2D eigenvalue weighted by Crippen LogP contribution is -2.46. The van der Waals surface area contributed by atoms with Crippen molar-refractivity contribution >= 4 is 12.0 Å². The van der Waals surface area contributed by atoms with Gasteiger partial charge < -0.3 is 15.0 Å². The summed E-state index contributed by atoms with van der Waals surface area (Å²) in [6.45, 7) is 9.99. The second-order valence-electron chi connectivity index (χ2n) is 10.1. The molecular weight excluding hydrogens is 411 g/mol. The van der Waals surface area contributed by atoms with E-state index in [0.717, 1.165) is 6.07 Å². The highest BCUT2D eigenvalue weighted by Crippen LogP contribution is 2.52. The molecule has 2 fully saturated rings. The van der Waals surface area contributed by atoms with Gasteiger partial charge in [-0.2, -0.15) is 13.2 Å². The molecule has 2 amide bonds. The third-order valence-corrected chi connectivity index (χ3v) is 5.79. The van der Waals surface area contributed by atoms with Crippen molar-refractivity contribution < 1.29 is 27.5 Å². The molecule has 1 aliphatic heterocycles. The number of rotatable bonds is 5. The Balaban J connectivity index is 1.51. The summed E-state index contributed by atoms with van der Waals surface area (Å²) in [5.74, 6) is -0.0636. The smallest absolute Gasteiger partial charge is 0.418 e. The Hall–Kier alpha value is -2.32. The number of carbonyl (C=O) groups is 2. The van der Waals surface area contributed by atoms with Gasteiger partial charge in [0.1, 0.15) is 5.60 Å². The highest BCUT2D eigenvalue weighted by atomic mass is 19.4. The molecule has 1 aromatic heterocycles. The number of alkyl halides is 3. The maximum atomic E-state index is 13.2. The number of aryl methyl sites for hydroxylation is 1. The first-order chi connectivity index (χ1) is 14.2. The van der Waals surface area contributed by atoms with Gasteiger partial charge in [-0.25, -0.2) is 4.79 Å². The third-order valence-electron chi connectivity index (χ3n) is 5.79. The molecule has 172 valence electrons. The zero-order valence-corrected chi connectivity index (χ0v) is 18.5. The molecule has 0 radical (unpaired) electrons. The molecule has 2 heterocycles. The summed E-state index contributed by atoms with van der Waals surface area (Å²) in [7, 11) is 0. The number of nitrogens with zero attached hydrogens (tertiary/aromatic N) is 2. The molecule has 6 nitrogen and oxygen atoms in total. The average molecular weight is 441 g/mol. The van der Waals surface area contributed by atoms with Crippen molar-refractivity contribution in [1.82, 2.24) is 15.2 Å². The van der Waals surface area contributed by atoms with Gasteiger partial charge >= 0.3 is 12.3 Å². The van der Waals surface area contributed by atoms with Crippen LogP contribution in [0.1, 0.15) is 52.3 Å². The Morgan fingerprint density at radius 3 is 2.32 bits per heavy atom. The fourth-order valence-corrected chi connectivity index (χ4v) is 4.20. The molecular formula is C22H30F3N3O3. The Morgan fingerprint density at radius 1 is 1.16 bits per heavy atom. The van der Waals surface area contributed by atoms with Crippen LogP contribution in [0.15, 0.2) is 18.3 Å². The molecule has 1 saturated carbocycles. The van der Waals surface area contributed by atoms with Gasteiger partial charge in [0, 0.05) is 30.7 Å². The maximum Gasteiger partial charge on any atom is 0.418 e. The molecule has 0 aromatic carbocycles. The Labute approximate surface area is 180 Å². The van der Waals surface area contributed by atoms with E-state index in [4.69, 9.17) is 4.74 Å². The first-order valence-corrected chi connectivity index (χ1v) is 10.5. The lowest BCUT2D eigenvalue weighted by Gasteiger charge is -2.28. The van der Waals surface area contributed by atoms with Crippen LogP contribution in [-0.4, -0.2) is 46.1 Å². The SMILES string of the molecule is CC(C)(CCc1ncccc1C(F)(F)F)NC(=O)C1C2CN(C(=O)OC(C)(C)C)CC21. The van der Waals surface area contributed by atoms with Crippen molar-refractivity contribution in [2.45, 2.75) is 64.8 Å². The number of carbonyl (C=O) groups excluding carboxylic acids is 2. The number of fused-ring (bicyclic) bond motifs is 1. The molecule has 9 heteroatoms. The summed E-state index contributed by atoms with van der Waals surface area (Å²) in [5, 5.41) is 2.97. The van der Waals surface area contributed by atoms with E-state index in [1.165, 1.54) is 12.3 Å². The summed E-state index contributed by atoms with van der Waals surface area (Å²) < 4.78 is 44.8. The predicted molar refractivity (Wildman–Crippen MR) is 108 cm³/mol. The Kier molecular flexibility index (Phi) is 6.01. The zero-order valence-electron chi connectivity index (χ0n) is 18.5. The van der Waals surface area contributed by atoms with Crippen molar-refractivity contribution in [3.8, 4) is 0 Å². The number of halogens is 3. The predicted octanol–water partition coefficient (Wildman–Crippen LogP) is 4.04. The fourth-order valence-electron chi connectivity index (χ4n) is 4.20. The largest absolute Gasteiger partial charge is 0.444 e. The number of piperidine rings is 1. The van der Waals surface area contributed by atoms with Crippen molar-refractivity contribution in [3.63, 3.8) is 0 Å². The van der Waals surface area contributed by atoms with Gasteiger partial charge in [-0.1, -0.05) is 0 Å². The van der Waals surface area contributed by atoms with Crippen LogP contribution in [0.4, 0.5) is 18.0 Å². The van der Waals surface area contributed by atoms with Gasteiger partial charge in [-0.3, -0.25) is 9.78 Å². The molecule has 31 heavy (non-hydrogen) atoms. The molecule has 2 unspecified atom stereocenters. The van der Waals surface area contributed by atoms with Crippen LogP contribution in [0.5, 0.6) is 0 Å². The highest BCUT2D eigenvalue weighted by molar-refractivity contribution is 5.84. The van der Waals surface area contributed by atoms with E-state index >= 15 is 0 Å². The number of pyridine rings is 1. The minimum Gasteiger partial charge on any atom is -0.444 e. The molecule has 2 atom stereocenters. The van der Waals surface area contributed by atoms with Crippen LogP contribution in [0.2, 0.25) is 0 Å². The van der Waals surface area contributed by atoms with E-state index in [-0.39, 0.29) is 41.9 Å². The van der Waals surface area contributed by atoms with Crippen LogP contribution < -0.4 is 5.32 Å². The monoisotopic (exact) mass is 441 g/mol. The molecule has 1 saturated heterocycles. The van der Waals surface area contributed by atoms with E-state index in [1.54, 1.807) is 18.7 Å². The number of aromatic nitrogens is 1. The quantitative estimate of drug-likeness (QED) is 0.749. The van der Waals surface area contributed by atoms with Gasteiger partial charge in [-0.15, -0.1) is 0 Å². The number of ether oxygens (including phenoxy) is 1. The first kappa shape index (κ1) is 23.3. The van der Waals surface area contributed by atoms with Gasteiger partial charge in [0.25, 0.3) is 0 Å². The minimum atomic E-state index is -4.46. The van der Waals surface area contributed by atoms with Crippen molar-refractivity contribution in [2.75, 3.05) is 13.1 Å². The third kappa shape index (κ3) is 5.68. The summed E-state index contributed by atoms with van der Waals surface area (Å²) >= 11 is 0. The van der Waals surface area contributed by atoms with Gasteiger partial charge in [-0.05, 0) is 71.4 Å². The van der Waals surface area contributed by atoms with Crippen LogP contribution in [0, 0.1) is 17.8 Å². The van der Waals surface area contributed by atoms with E-state index in [1.807, 2.05) is 20.8 Å². The standard InChI is InChI=1S/C22H30F3N3O3/c1-20(2,3)31-19(30)28-11-13-14(12-28)17(13)18(29)27-21(4,5)9-8-16-15(22(23,24)25)7-6-10-26-16/h6-7,10,13-14,17H,8-9,11-12H2,1-5H3,(H,27,29). The van der Waals surface area contributed by atoms with Crippen molar-refractivity contribution in [1.29, 1.82) is 0 Å². The molecule has 0 spiro atoms. The van der Waals surface area contributed by atoms with E-state index in [9.17, 15) is 22.8 Å². The summed E-state index contributed by atoms with van der Waals surface area (Å²) in [6.07, 6.45) is -3.05. The second kappa shape index (κ2) is 7.98. The Bertz CT molecular complexity index is 836. The van der Waals surface area contributed by atoms with Gasteiger partial charge in [0.05, 0.1) is 11.3 Å². The van der Waals surface area contributed by atoms with E-state index in [0.29, 0.717) is 19.5 Å². The summed E-state index contributed by atoms with van der Waals surface area (Å²) in [6, 6.07) is 2.29. The summed E-state index contributed by atoms with van der Waals surface area (Å²) in [5.41, 5.74) is -2.01. The molecule has 1 aromatic rings. The number of hydrogen-bond donors (Lipinski definition) is 1. The molecule has 2 aliphatic rings. The highest BCUT2D eigenvalue weighted by Gasteiger charge is 2.61. The van der Waals surface area contributed by atoms with Crippen molar-refractivity contribution in [3.05, 3.63) is 29.6 Å². The number of likely N-dealkylation sites (tertiary alicyclic amines) is 1. The van der Waals surface area contributed by atoms with Crippen LogP contribution in [0.3, 0.4) is 0 Å². The minimum absolute atomic E-state index is 0.0198. The van der Waals surface area contributed by atoms with Gasteiger partial charge in [0.15, 0.2) is 0 Å². The average Bonchev–Trinajstić information content (AvgIpc) is 3.12. The lowest BCUT2D eigenvalue weighted by atomic mass is 9.95. The van der Waals surface area contributed by atoms with Crippen LogP contribution in [0.25, 0.3) is 0 Å². The van der Waals surface area contributed by atoms with Crippen LogP contribution in [-0.2, 0) is 22.1 Å². The number of nitrogens with one attached hydrogen (secondary N) is 1. The zero-order chi connectivity index (χ0) is 23.2. The van der Waals surface area contributed by atoms with Crippen molar-refractivity contribution in [2.24, 2.45) is 17.8 Å².